The minimum atomic E-state index is -0.170. The van der Waals surface area contributed by atoms with Gasteiger partial charge in [0.1, 0.15) is 5.82 Å². The van der Waals surface area contributed by atoms with Crippen LogP contribution in [0.3, 0.4) is 0 Å². The number of aryl methyl sites for hydroxylation is 1. The lowest BCUT2D eigenvalue weighted by Crippen LogP contribution is -1.94. The second kappa shape index (κ2) is 5.01. The van der Waals surface area contributed by atoms with Gasteiger partial charge in [-0.25, -0.2) is 4.39 Å². The van der Waals surface area contributed by atoms with Crippen molar-refractivity contribution in [1.82, 2.24) is 0 Å². The molecule has 1 aromatic rings. The summed E-state index contributed by atoms with van der Waals surface area (Å²) < 4.78 is 13.2. The molecule has 0 aliphatic heterocycles. The predicted octanol–water partition coefficient (Wildman–Crippen LogP) is 4.70. The van der Waals surface area contributed by atoms with Gasteiger partial charge in [0.05, 0.1) is 5.38 Å². The van der Waals surface area contributed by atoms with Crippen LogP contribution in [-0.2, 0) is 0 Å². The molecule has 1 atom stereocenters. The molecular formula is C14H16ClF. The monoisotopic (exact) mass is 238 g/mol. The molecule has 1 aliphatic carbocycles. The molecule has 16 heavy (non-hydrogen) atoms. The molecular weight excluding hydrogens is 223 g/mol. The molecule has 0 saturated carbocycles. The van der Waals surface area contributed by atoms with E-state index >= 15 is 0 Å². The Balaban J connectivity index is 2.38. The zero-order valence-corrected chi connectivity index (χ0v) is 10.2. The molecule has 0 aromatic heterocycles. The van der Waals surface area contributed by atoms with E-state index in [9.17, 15) is 4.39 Å². The van der Waals surface area contributed by atoms with Gasteiger partial charge in [-0.15, -0.1) is 11.6 Å². The van der Waals surface area contributed by atoms with E-state index < -0.39 is 0 Å². The number of hydrogen-bond donors (Lipinski definition) is 0. The Hall–Kier alpha value is -0.820. The van der Waals surface area contributed by atoms with Crippen LogP contribution in [0.15, 0.2) is 24.3 Å². The molecule has 2 rings (SSSR count). The molecule has 1 aromatic carbocycles. The smallest absolute Gasteiger partial charge is 0.123 e. The van der Waals surface area contributed by atoms with E-state index in [1.165, 1.54) is 11.6 Å². The van der Waals surface area contributed by atoms with Crippen molar-refractivity contribution in [2.24, 2.45) is 0 Å². The summed E-state index contributed by atoms with van der Waals surface area (Å²) in [4.78, 5) is 0. The molecule has 1 aliphatic rings. The van der Waals surface area contributed by atoms with Crippen LogP contribution in [0.4, 0.5) is 4.39 Å². The standard InChI is InChI=1S/C14H16ClF/c1-10-6-7-13(16)9-14(10)11-4-2-3-5-12(15)8-11/h6-9,12H,2-5H2,1H3. The van der Waals surface area contributed by atoms with Crippen molar-refractivity contribution in [3.8, 4) is 0 Å². The Labute approximate surface area is 101 Å². The summed E-state index contributed by atoms with van der Waals surface area (Å²) in [5.41, 5.74) is 3.35. The van der Waals surface area contributed by atoms with Gasteiger partial charge < -0.3 is 0 Å². The SMILES string of the molecule is Cc1ccc(F)cc1C1=CC(Cl)CCCC1. The van der Waals surface area contributed by atoms with Crippen LogP contribution in [-0.4, -0.2) is 5.38 Å². The second-order valence-corrected chi connectivity index (χ2v) is 4.97. The topological polar surface area (TPSA) is 0 Å². The van der Waals surface area contributed by atoms with Gasteiger partial charge in [-0.1, -0.05) is 18.6 Å². The first-order valence-electron chi connectivity index (χ1n) is 5.78. The third-order valence-corrected chi connectivity index (χ3v) is 3.45. The quantitative estimate of drug-likeness (QED) is 0.622. The van der Waals surface area contributed by atoms with E-state index in [-0.39, 0.29) is 11.2 Å². The van der Waals surface area contributed by atoms with Crippen LogP contribution in [0.2, 0.25) is 0 Å². The number of allylic oxidation sites excluding steroid dienone is 2. The first kappa shape index (κ1) is 11.7. The van der Waals surface area contributed by atoms with Gasteiger partial charge in [0.25, 0.3) is 0 Å². The molecule has 0 amide bonds. The fourth-order valence-electron chi connectivity index (χ4n) is 2.20. The summed E-state index contributed by atoms with van der Waals surface area (Å²) in [7, 11) is 0. The third kappa shape index (κ3) is 2.65. The maximum atomic E-state index is 13.2. The maximum Gasteiger partial charge on any atom is 0.123 e. The van der Waals surface area contributed by atoms with Crippen LogP contribution in [0.25, 0.3) is 5.57 Å². The first-order chi connectivity index (χ1) is 7.66. The molecule has 0 spiro atoms. The van der Waals surface area contributed by atoms with Crippen LogP contribution >= 0.6 is 11.6 Å². The van der Waals surface area contributed by atoms with Gasteiger partial charge in [0, 0.05) is 0 Å². The number of halogens is 2. The van der Waals surface area contributed by atoms with Crippen molar-refractivity contribution in [3.05, 3.63) is 41.2 Å². The van der Waals surface area contributed by atoms with Crippen LogP contribution < -0.4 is 0 Å². The molecule has 0 N–H and O–H groups in total. The van der Waals surface area contributed by atoms with E-state index in [0.717, 1.165) is 36.8 Å². The summed E-state index contributed by atoms with van der Waals surface area (Å²) in [5.74, 6) is -0.170. The zero-order valence-electron chi connectivity index (χ0n) is 9.47. The predicted molar refractivity (Wildman–Crippen MR) is 67.2 cm³/mol. The Morgan fingerprint density at radius 2 is 2.12 bits per heavy atom. The number of alkyl halides is 1. The van der Waals surface area contributed by atoms with E-state index in [4.69, 9.17) is 11.6 Å². The zero-order chi connectivity index (χ0) is 11.5. The summed E-state index contributed by atoms with van der Waals surface area (Å²) in [6.07, 6.45) is 6.43. The lowest BCUT2D eigenvalue weighted by Gasteiger charge is -2.10. The fraction of sp³-hybridized carbons (Fsp3) is 0.429. The molecule has 86 valence electrons. The highest BCUT2D eigenvalue weighted by molar-refractivity contribution is 6.22. The third-order valence-electron chi connectivity index (χ3n) is 3.10. The minimum absolute atomic E-state index is 0.0974. The highest BCUT2D eigenvalue weighted by Gasteiger charge is 2.13. The lowest BCUT2D eigenvalue weighted by molar-refractivity contribution is 0.626. The number of rotatable bonds is 1. The molecule has 0 radical (unpaired) electrons. The summed E-state index contributed by atoms with van der Waals surface area (Å²) in [5, 5.41) is 0.0974. The molecule has 0 nitrogen and oxygen atoms in total. The summed E-state index contributed by atoms with van der Waals surface area (Å²) in [6.45, 7) is 2.02. The van der Waals surface area contributed by atoms with Gasteiger partial charge in [0.2, 0.25) is 0 Å². The van der Waals surface area contributed by atoms with Gasteiger partial charge in [0.15, 0.2) is 0 Å². The Morgan fingerprint density at radius 3 is 2.94 bits per heavy atom. The molecule has 2 heteroatoms. The fourth-order valence-corrected chi connectivity index (χ4v) is 2.51. The van der Waals surface area contributed by atoms with E-state index in [1.54, 1.807) is 6.07 Å². The Bertz CT molecular complexity index is 409. The Morgan fingerprint density at radius 1 is 1.31 bits per heavy atom. The minimum Gasteiger partial charge on any atom is -0.207 e. The van der Waals surface area contributed by atoms with Crippen LogP contribution in [0.1, 0.15) is 36.8 Å². The van der Waals surface area contributed by atoms with Gasteiger partial charge in [-0.05, 0) is 55.0 Å². The number of hydrogen-bond acceptors (Lipinski definition) is 0. The average Bonchev–Trinajstić information content (AvgIpc) is 2.46. The highest BCUT2D eigenvalue weighted by atomic mass is 35.5. The molecule has 0 fully saturated rings. The lowest BCUT2D eigenvalue weighted by atomic mass is 9.97. The molecule has 0 bridgehead atoms. The van der Waals surface area contributed by atoms with Gasteiger partial charge in [-0.2, -0.15) is 0 Å². The van der Waals surface area contributed by atoms with Crippen molar-refractivity contribution in [3.63, 3.8) is 0 Å². The van der Waals surface area contributed by atoms with Crippen molar-refractivity contribution in [1.29, 1.82) is 0 Å². The second-order valence-electron chi connectivity index (χ2n) is 4.41. The maximum absolute atomic E-state index is 13.2. The van der Waals surface area contributed by atoms with E-state index in [2.05, 4.69) is 6.08 Å². The molecule has 1 unspecified atom stereocenters. The largest absolute Gasteiger partial charge is 0.207 e. The molecule has 0 heterocycles. The average molecular weight is 239 g/mol. The van der Waals surface area contributed by atoms with Crippen LogP contribution in [0, 0.1) is 12.7 Å². The van der Waals surface area contributed by atoms with Crippen molar-refractivity contribution >= 4 is 17.2 Å². The van der Waals surface area contributed by atoms with E-state index in [0.29, 0.717) is 0 Å². The van der Waals surface area contributed by atoms with Crippen molar-refractivity contribution < 1.29 is 4.39 Å². The highest BCUT2D eigenvalue weighted by Crippen LogP contribution is 2.30. The number of benzene rings is 1. The summed E-state index contributed by atoms with van der Waals surface area (Å²) in [6, 6.07) is 4.96. The van der Waals surface area contributed by atoms with Gasteiger partial charge in [-0.3, -0.25) is 0 Å². The van der Waals surface area contributed by atoms with Crippen molar-refractivity contribution in [2.45, 2.75) is 38.0 Å². The first-order valence-corrected chi connectivity index (χ1v) is 6.22. The van der Waals surface area contributed by atoms with Crippen molar-refractivity contribution in [2.75, 3.05) is 0 Å². The normalized spacial score (nSPS) is 21.4. The summed E-state index contributed by atoms with van der Waals surface area (Å²) >= 11 is 6.19. The Kier molecular flexibility index (Phi) is 3.65. The molecule has 0 saturated heterocycles. The van der Waals surface area contributed by atoms with Gasteiger partial charge >= 0.3 is 0 Å². The van der Waals surface area contributed by atoms with E-state index in [1.807, 2.05) is 13.0 Å². The van der Waals surface area contributed by atoms with Crippen LogP contribution in [0.5, 0.6) is 0 Å².